The minimum Gasteiger partial charge on any atom is -0.455 e. The first-order valence-electron chi connectivity index (χ1n) is 13.2. The zero-order valence-electron chi connectivity index (χ0n) is 20.8. The number of rotatable bonds is 2. The van der Waals surface area contributed by atoms with E-state index in [-0.39, 0.29) is 0 Å². The van der Waals surface area contributed by atoms with Gasteiger partial charge < -0.3 is 4.42 Å². The first kappa shape index (κ1) is 20.7. The van der Waals surface area contributed by atoms with Gasteiger partial charge in [0.15, 0.2) is 5.82 Å². The van der Waals surface area contributed by atoms with Gasteiger partial charge in [-0.05, 0) is 62.6 Å². The van der Waals surface area contributed by atoms with Crippen LogP contribution in [-0.4, -0.2) is 9.97 Å². The van der Waals surface area contributed by atoms with Gasteiger partial charge in [0.1, 0.15) is 11.2 Å². The zero-order chi connectivity index (χ0) is 25.5. The molecule has 180 valence electrons. The monoisotopic (exact) mass is 496 g/mol. The van der Waals surface area contributed by atoms with Crippen molar-refractivity contribution < 1.29 is 4.42 Å². The van der Waals surface area contributed by atoms with Gasteiger partial charge in [0.25, 0.3) is 0 Å². The van der Waals surface area contributed by atoms with Crippen molar-refractivity contribution in [2.45, 2.75) is 0 Å². The third kappa shape index (κ3) is 2.87. The highest BCUT2D eigenvalue weighted by molar-refractivity contribution is 6.35. The number of furan rings is 1. The molecule has 0 bridgehead atoms. The lowest BCUT2D eigenvalue weighted by Crippen LogP contribution is -1.95. The van der Waals surface area contributed by atoms with E-state index >= 15 is 0 Å². The Kier molecular flexibility index (Phi) is 4.05. The standard InChI is InChI=1S/C36H20N2O/c1-2-9-21(10-3-1)34-26-13-6-7-15-30(26)37-36(38-34)27-18-17-25-29-20-23-12-5-4-11-22(23)19-28(29)24-14-8-16-31-32(24)33(25)35(27)39-31/h1-20H. The van der Waals surface area contributed by atoms with E-state index in [0.717, 1.165) is 49.7 Å². The molecular formula is C36H20N2O. The normalized spacial score (nSPS) is 12.1. The molecule has 9 aromatic rings. The van der Waals surface area contributed by atoms with Gasteiger partial charge in [-0.3, -0.25) is 0 Å². The SMILES string of the molecule is c1ccc(-c2nc(-c3ccc4c5cc6ccccc6cc5c5cccc6oc3c4c65)nc3ccccc23)cc1. The predicted molar refractivity (Wildman–Crippen MR) is 161 cm³/mol. The topological polar surface area (TPSA) is 38.9 Å². The minimum absolute atomic E-state index is 0.670. The van der Waals surface area contributed by atoms with Crippen LogP contribution in [0.3, 0.4) is 0 Å². The van der Waals surface area contributed by atoms with Crippen LogP contribution in [0.1, 0.15) is 0 Å². The van der Waals surface area contributed by atoms with Crippen molar-refractivity contribution >= 4 is 65.2 Å². The first-order valence-corrected chi connectivity index (χ1v) is 13.2. The fraction of sp³-hybridized carbons (Fsp3) is 0. The Morgan fingerprint density at radius 2 is 1.18 bits per heavy atom. The van der Waals surface area contributed by atoms with Crippen molar-refractivity contribution in [2.75, 3.05) is 0 Å². The summed E-state index contributed by atoms with van der Waals surface area (Å²) >= 11 is 0. The summed E-state index contributed by atoms with van der Waals surface area (Å²) in [5, 5.41) is 10.7. The highest BCUT2D eigenvalue weighted by atomic mass is 16.3. The summed E-state index contributed by atoms with van der Waals surface area (Å²) in [5.74, 6) is 0.670. The number of benzene rings is 7. The molecule has 0 aliphatic heterocycles. The number of hydrogen-bond donors (Lipinski definition) is 0. The summed E-state index contributed by atoms with van der Waals surface area (Å²) in [4.78, 5) is 10.2. The number of nitrogens with zero attached hydrogens (tertiary/aromatic N) is 2. The maximum atomic E-state index is 6.65. The second-order valence-corrected chi connectivity index (χ2v) is 10.2. The summed E-state index contributed by atoms with van der Waals surface area (Å²) in [5.41, 5.74) is 5.54. The van der Waals surface area contributed by atoms with Gasteiger partial charge in [-0.1, -0.05) is 91.0 Å². The summed E-state index contributed by atoms with van der Waals surface area (Å²) < 4.78 is 6.65. The maximum absolute atomic E-state index is 6.65. The lowest BCUT2D eigenvalue weighted by atomic mass is 9.91. The number of hydrogen-bond acceptors (Lipinski definition) is 3. The van der Waals surface area contributed by atoms with Gasteiger partial charge in [-0.25, -0.2) is 9.97 Å². The summed E-state index contributed by atoms with van der Waals surface area (Å²) in [6, 6.07) is 42.4. The smallest absolute Gasteiger partial charge is 0.164 e. The highest BCUT2D eigenvalue weighted by Crippen LogP contribution is 2.46. The molecule has 7 aromatic carbocycles. The van der Waals surface area contributed by atoms with Crippen LogP contribution in [0.4, 0.5) is 0 Å². The van der Waals surface area contributed by atoms with Crippen molar-refractivity contribution in [3.05, 3.63) is 121 Å². The molecule has 0 saturated carbocycles. The summed E-state index contributed by atoms with van der Waals surface area (Å²) in [6.45, 7) is 0. The fourth-order valence-corrected chi connectivity index (χ4v) is 6.24. The van der Waals surface area contributed by atoms with E-state index in [1.807, 2.05) is 30.3 Å². The van der Waals surface area contributed by atoms with Gasteiger partial charge in [0.05, 0.1) is 16.8 Å². The Morgan fingerprint density at radius 1 is 0.487 bits per heavy atom. The van der Waals surface area contributed by atoms with Gasteiger partial charge in [0, 0.05) is 21.7 Å². The van der Waals surface area contributed by atoms with Crippen LogP contribution in [0, 0.1) is 0 Å². The Hall–Kier alpha value is -5.28. The molecule has 39 heavy (non-hydrogen) atoms. The van der Waals surface area contributed by atoms with Crippen LogP contribution >= 0.6 is 0 Å². The van der Waals surface area contributed by atoms with Crippen molar-refractivity contribution in [1.29, 1.82) is 0 Å². The van der Waals surface area contributed by atoms with Gasteiger partial charge >= 0.3 is 0 Å². The molecule has 0 unspecified atom stereocenters. The molecule has 2 aromatic heterocycles. The molecule has 0 N–H and O–H groups in total. The summed E-state index contributed by atoms with van der Waals surface area (Å²) in [7, 11) is 0. The van der Waals surface area contributed by atoms with Crippen LogP contribution in [0.5, 0.6) is 0 Å². The number of para-hydroxylation sites is 1. The Balaban J connectivity index is 1.41. The van der Waals surface area contributed by atoms with Crippen LogP contribution in [-0.2, 0) is 0 Å². The Labute approximate surface area is 223 Å². The molecular weight excluding hydrogens is 476 g/mol. The molecule has 3 heteroatoms. The largest absolute Gasteiger partial charge is 0.455 e. The highest BCUT2D eigenvalue weighted by Gasteiger charge is 2.22. The molecule has 0 amide bonds. The van der Waals surface area contributed by atoms with E-state index in [4.69, 9.17) is 14.4 Å². The number of aromatic nitrogens is 2. The van der Waals surface area contributed by atoms with E-state index < -0.39 is 0 Å². The lowest BCUT2D eigenvalue weighted by Gasteiger charge is -2.12. The molecule has 0 radical (unpaired) electrons. The summed E-state index contributed by atoms with van der Waals surface area (Å²) in [6.07, 6.45) is 0. The van der Waals surface area contributed by atoms with Crippen molar-refractivity contribution in [3.63, 3.8) is 0 Å². The number of fused-ring (bicyclic) bond motifs is 5. The van der Waals surface area contributed by atoms with Crippen molar-refractivity contribution in [3.8, 4) is 22.6 Å². The van der Waals surface area contributed by atoms with E-state index in [9.17, 15) is 0 Å². The Morgan fingerprint density at radius 3 is 2.00 bits per heavy atom. The molecule has 0 aliphatic rings. The van der Waals surface area contributed by atoms with Gasteiger partial charge in [-0.2, -0.15) is 0 Å². The molecule has 9 rings (SSSR count). The van der Waals surface area contributed by atoms with Crippen LogP contribution < -0.4 is 0 Å². The van der Waals surface area contributed by atoms with Crippen LogP contribution in [0.2, 0.25) is 0 Å². The van der Waals surface area contributed by atoms with E-state index in [0.29, 0.717) is 5.82 Å². The zero-order valence-corrected chi connectivity index (χ0v) is 20.8. The third-order valence-electron chi connectivity index (χ3n) is 8.00. The van der Waals surface area contributed by atoms with Gasteiger partial charge in [-0.15, -0.1) is 0 Å². The average molecular weight is 497 g/mol. The molecule has 0 saturated heterocycles. The predicted octanol–water partition coefficient (Wildman–Crippen LogP) is 9.76. The second-order valence-electron chi connectivity index (χ2n) is 10.2. The second kappa shape index (κ2) is 7.62. The minimum atomic E-state index is 0.670. The molecule has 0 spiro atoms. The first-order chi connectivity index (χ1) is 19.3. The lowest BCUT2D eigenvalue weighted by molar-refractivity contribution is 0.670. The van der Waals surface area contributed by atoms with Crippen LogP contribution in [0.15, 0.2) is 126 Å². The van der Waals surface area contributed by atoms with Crippen LogP contribution in [0.25, 0.3) is 87.8 Å². The maximum Gasteiger partial charge on any atom is 0.164 e. The molecule has 3 nitrogen and oxygen atoms in total. The fourth-order valence-electron chi connectivity index (χ4n) is 6.24. The van der Waals surface area contributed by atoms with Crippen molar-refractivity contribution in [2.24, 2.45) is 0 Å². The molecule has 0 fully saturated rings. The molecule has 2 heterocycles. The van der Waals surface area contributed by atoms with E-state index in [1.165, 1.54) is 32.3 Å². The molecule has 0 atom stereocenters. The van der Waals surface area contributed by atoms with E-state index in [1.54, 1.807) is 0 Å². The van der Waals surface area contributed by atoms with Crippen molar-refractivity contribution in [1.82, 2.24) is 9.97 Å². The molecule has 0 aliphatic carbocycles. The third-order valence-corrected chi connectivity index (χ3v) is 8.00. The Bertz CT molecular complexity index is 2390. The van der Waals surface area contributed by atoms with Gasteiger partial charge in [0.2, 0.25) is 0 Å². The average Bonchev–Trinajstić information content (AvgIpc) is 3.40. The van der Waals surface area contributed by atoms with E-state index in [2.05, 4.69) is 91.0 Å². The quantitative estimate of drug-likeness (QED) is 0.177.